The van der Waals surface area contributed by atoms with Crippen LogP contribution in [0.5, 0.6) is 0 Å². The molecule has 0 radical (unpaired) electrons. The van der Waals surface area contributed by atoms with Crippen LogP contribution in [0.2, 0.25) is 0 Å². The molecular weight excluding hydrogens is 266 g/mol. The van der Waals surface area contributed by atoms with Crippen molar-refractivity contribution in [3.05, 3.63) is 23.9 Å². The van der Waals surface area contributed by atoms with Crippen molar-refractivity contribution >= 4 is 11.7 Å². The normalized spacial score (nSPS) is 20.2. The first kappa shape index (κ1) is 14.3. The van der Waals surface area contributed by atoms with Crippen LogP contribution in [0.3, 0.4) is 0 Å². The van der Waals surface area contributed by atoms with Gasteiger partial charge < -0.3 is 14.5 Å². The fourth-order valence-electron chi connectivity index (χ4n) is 2.95. The van der Waals surface area contributed by atoms with E-state index in [4.69, 9.17) is 4.74 Å². The molecule has 2 aliphatic heterocycles. The van der Waals surface area contributed by atoms with Crippen molar-refractivity contribution in [1.82, 2.24) is 9.88 Å². The molecule has 2 aliphatic rings. The number of carbonyl (C=O) groups excluding carboxylic acids is 1. The molecule has 0 unspecified atom stereocenters. The summed E-state index contributed by atoms with van der Waals surface area (Å²) < 4.78 is 5.36. The highest BCUT2D eigenvalue weighted by molar-refractivity contribution is 5.92. The lowest BCUT2D eigenvalue weighted by Gasteiger charge is -2.28. The summed E-state index contributed by atoms with van der Waals surface area (Å²) in [6.45, 7) is 4.87. The van der Waals surface area contributed by atoms with Crippen LogP contribution in [0, 0.1) is 0 Å². The molecule has 0 saturated carbocycles. The largest absolute Gasteiger partial charge is 0.378 e. The number of rotatable bonds is 2. The number of pyridine rings is 1. The van der Waals surface area contributed by atoms with Gasteiger partial charge in [-0.15, -0.1) is 0 Å². The summed E-state index contributed by atoms with van der Waals surface area (Å²) in [6.07, 6.45) is 4.67. The third-order valence-corrected chi connectivity index (χ3v) is 4.18. The van der Waals surface area contributed by atoms with E-state index in [2.05, 4.69) is 9.88 Å². The van der Waals surface area contributed by atoms with E-state index in [1.165, 1.54) is 12.8 Å². The van der Waals surface area contributed by atoms with Crippen molar-refractivity contribution in [2.24, 2.45) is 0 Å². The Morgan fingerprint density at radius 3 is 2.43 bits per heavy atom. The number of amides is 1. The molecule has 5 nitrogen and oxygen atoms in total. The first-order valence-electron chi connectivity index (χ1n) is 7.93. The fourth-order valence-corrected chi connectivity index (χ4v) is 2.95. The molecule has 3 heterocycles. The molecule has 1 amide bonds. The molecule has 3 rings (SSSR count). The van der Waals surface area contributed by atoms with Gasteiger partial charge in [0.15, 0.2) is 0 Å². The highest BCUT2D eigenvalue weighted by atomic mass is 16.5. The van der Waals surface area contributed by atoms with Crippen LogP contribution in [-0.4, -0.2) is 55.2 Å². The third kappa shape index (κ3) is 3.53. The molecule has 2 fully saturated rings. The number of morpholine rings is 1. The second-order valence-corrected chi connectivity index (χ2v) is 5.69. The van der Waals surface area contributed by atoms with Crippen molar-refractivity contribution in [3.63, 3.8) is 0 Å². The second kappa shape index (κ2) is 6.89. The topological polar surface area (TPSA) is 45.7 Å². The smallest absolute Gasteiger partial charge is 0.272 e. The van der Waals surface area contributed by atoms with E-state index in [9.17, 15) is 4.79 Å². The predicted molar refractivity (Wildman–Crippen MR) is 81.6 cm³/mol. The number of ether oxygens (including phenoxy) is 1. The summed E-state index contributed by atoms with van der Waals surface area (Å²) in [4.78, 5) is 21.3. The number of hydrogen-bond donors (Lipinski definition) is 0. The van der Waals surface area contributed by atoms with Gasteiger partial charge in [0.05, 0.1) is 13.2 Å². The Morgan fingerprint density at radius 1 is 1.00 bits per heavy atom. The zero-order valence-corrected chi connectivity index (χ0v) is 12.5. The molecular formula is C16H23N3O2. The van der Waals surface area contributed by atoms with Gasteiger partial charge in [0, 0.05) is 26.2 Å². The Labute approximate surface area is 125 Å². The van der Waals surface area contributed by atoms with E-state index in [0.717, 1.165) is 58.1 Å². The molecule has 114 valence electrons. The van der Waals surface area contributed by atoms with Crippen molar-refractivity contribution in [1.29, 1.82) is 0 Å². The number of aromatic nitrogens is 1. The molecule has 0 N–H and O–H groups in total. The van der Waals surface area contributed by atoms with E-state index in [-0.39, 0.29) is 5.91 Å². The van der Waals surface area contributed by atoms with Crippen LogP contribution >= 0.6 is 0 Å². The van der Waals surface area contributed by atoms with Gasteiger partial charge in [-0.1, -0.05) is 18.9 Å². The van der Waals surface area contributed by atoms with Crippen LogP contribution in [0.15, 0.2) is 18.2 Å². The lowest BCUT2D eigenvalue weighted by atomic mass is 10.2. The van der Waals surface area contributed by atoms with Gasteiger partial charge in [-0.2, -0.15) is 0 Å². The van der Waals surface area contributed by atoms with Crippen LogP contribution < -0.4 is 4.90 Å². The van der Waals surface area contributed by atoms with Crippen molar-refractivity contribution in [2.45, 2.75) is 25.7 Å². The van der Waals surface area contributed by atoms with Gasteiger partial charge in [0.1, 0.15) is 11.5 Å². The molecule has 5 heteroatoms. The standard InChI is InChI=1S/C16H23N3O2/c20-16(19-8-3-1-2-4-9-19)14-6-5-7-15(17-14)18-10-12-21-13-11-18/h5-7H,1-4,8-13H2. The van der Waals surface area contributed by atoms with Crippen molar-refractivity contribution < 1.29 is 9.53 Å². The highest BCUT2D eigenvalue weighted by Crippen LogP contribution is 2.16. The zero-order valence-electron chi connectivity index (χ0n) is 12.5. The third-order valence-electron chi connectivity index (χ3n) is 4.18. The number of likely N-dealkylation sites (tertiary alicyclic amines) is 1. The Morgan fingerprint density at radius 2 is 1.71 bits per heavy atom. The second-order valence-electron chi connectivity index (χ2n) is 5.69. The Kier molecular flexibility index (Phi) is 4.70. The van der Waals surface area contributed by atoms with E-state index in [0.29, 0.717) is 5.69 Å². The quantitative estimate of drug-likeness (QED) is 0.834. The number of nitrogens with zero attached hydrogens (tertiary/aromatic N) is 3. The van der Waals surface area contributed by atoms with Crippen LogP contribution in [0.4, 0.5) is 5.82 Å². The first-order valence-corrected chi connectivity index (χ1v) is 7.93. The summed E-state index contributed by atoms with van der Waals surface area (Å²) in [5, 5.41) is 0. The summed E-state index contributed by atoms with van der Waals surface area (Å²) in [5.41, 5.74) is 0.570. The molecule has 1 aromatic heterocycles. The molecule has 0 bridgehead atoms. The lowest BCUT2D eigenvalue weighted by Crippen LogP contribution is -2.37. The molecule has 0 aliphatic carbocycles. The van der Waals surface area contributed by atoms with E-state index in [1.807, 2.05) is 23.1 Å². The minimum Gasteiger partial charge on any atom is -0.378 e. The summed E-state index contributed by atoms with van der Waals surface area (Å²) >= 11 is 0. The van der Waals surface area contributed by atoms with E-state index < -0.39 is 0 Å². The van der Waals surface area contributed by atoms with Crippen LogP contribution in [0.25, 0.3) is 0 Å². The Balaban J connectivity index is 1.73. The summed E-state index contributed by atoms with van der Waals surface area (Å²) in [6, 6.07) is 5.74. The predicted octanol–water partition coefficient (Wildman–Crippen LogP) is 1.93. The molecule has 21 heavy (non-hydrogen) atoms. The minimum atomic E-state index is 0.0759. The monoisotopic (exact) mass is 289 g/mol. The Hall–Kier alpha value is -1.62. The minimum absolute atomic E-state index is 0.0759. The molecule has 0 aromatic carbocycles. The van der Waals surface area contributed by atoms with Crippen molar-refractivity contribution in [2.75, 3.05) is 44.3 Å². The van der Waals surface area contributed by atoms with Gasteiger partial charge in [-0.25, -0.2) is 4.98 Å². The van der Waals surface area contributed by atoms with E-state index >= 15 is 0 Å². The fraction of sp³-hybridized carbons (Fsp3) is 0.625. The van der Waals surface area contributed by atoms with Gasteiger partial charge >= 0.3 is 0 Å². The SMILES string of the molecule is O=C(c1cccc(N2CCOCC2)n1)N1CCCCCC1. The summed E-state index contributed by atoms with van der Waals surface area (Å²) in [7, 11) is 0. The maximum Gasteiger partial charge on any atom is 0.272 e. The zero-order chi connectivity index (χ0) is 14.5. The van der Waals surface area contributed by atoms with Crippen LogP contribution in [0.1, 0.15) is 36.2 Å². The first-order chi connectivity index (χ1) is 10.3. The number of hydrogen-bond acceptors (Lipinski definition) is 4. The summed E-state index contributed by atoms with van der Waals surface area (Å²) in [5.74, 6) is 0.964. The van der Waals surface area contributed by atoms with E-state index in [1.54, 1.807) is 0 Å². The molecule has 1 aromatic rings. The highest BCUT2D eigenvalue weighted by Gasteiger charge is 2.20. The average Bonchev–Trinajstić information content (AvgIpc) is 2.84. The lowest BCUT2D eigenvalue weighted by molar-refractivity contribution is 0.0755. The molecule has 0 spiro atoms. The number of carbonyl (C=O) groups is 1. The molecule has 0 atom stereocenters. The van der Waals surface area contributed by atoms with Gasteiger partial charge in [0.25, 0.3) is 5.91 Å². The van der Waals surface area contributed by atoms with Crippen molar-refractivity contribution in [3.8, 4) is 0 Å². The van der Waals surface area contributed by atoms with Gasteiger partial charge in [-0.3, -0.25) is 4.79 Å². The number of anilines is 1. The average molecular weight is 289 g/mol. The van der Waals surface area contributed by atoms with Crippen LogP contribution in [-0.2, 0) is 4.74 Å². The maximum absolute atomic E-state index is 12.6. The molecule has 2 saturated heterocycles. The van der Waals surface area contributed by atoms with Gasteiger partial charge in [0.2, 0.25) is 0 Å². The Bertz CT molecular complexity index is 478. The van der Waals surface area contributed by atoms with Gasteiger partial charge in [-0.05, 0) is 25.0 Å². The maximum atomic E-state index is 12.6.